The molecule has 0 spiro atoms. The van der Waals surface area contributed by atoms with Crippen LogP contribution in [0.5, 0.6) is 0 Å². The van der Waals surface area contributed by atoms with Crippen molar-refractivity contribution in [3.63, 3.8) is 0 Å². The number of hydrogen-bond acceptors (Lipinski definition) is 1. The van der Waals surface area contributed by atoms with Gasteiger partial charge in [-0.15, -0.1) is 0 Å². The Bertz CT molecular complexity index is 366. The van der Waals surface area contributed by atoms with Gasteiger partial charge in [0, 0.05) is 6.54 Å². The van der Waals surface area contributed by atoms with Gasteiger partial charge in [0.05, 0.1) is 4.47 Å². The second-order valence-electron chi connectivity index (χ2n) is 3.40. The first kappa shape index (κ1) is 9.87. The normalized spacial score (nSPS) is 19.1. The summed E-state index contributed by atoms with van der Waals surface area (Å²) in [6.45, 7) is 2.00. The molecule has 1 aliphatic rings. The molecule has 0 saturated carbocycles. The number of rotatable bonds is 1. The molecule has 1 N–H and O–H groups in total. The van der Waals surface area contributed by atoms with Crippen molar-refractivity contribution >= 4 is 22.0 Å². The molecule has 1 saturated heterocycles. The zero-order chi connectivity index (χ0) is 9.97. The molecule has 2 rings (SSSR count). The van der Waals surface area contributed by atoms with Crippen LogP contribution in [0.2, 0.25) is 0 Å². The Morgan fingerprint density at radius 2 is 2.29 bits per heavy atom. The van der Waals surface area contributed by atoms with Crippen molar-refractivity contribution in [2.45, 2.75) is 6.42 Å². The first-order chi connectivity index (χ1) is 6.75. The van der Waals surface area contributed by atoms with E-state index in [0.29, 0.717) is 4.47 Å². The molecule has 74 valence electrons. The molecular weight excluding hydrogens is 245 g/mol. The molecule has 1 fully saturated rings. The first-order valence-electron chi connectivity index (χ1n) is 4.61. The van der Waals surface area contributed by atoms with Gasteiger partial charge in [-0.1, -0.05) is 17.7 Å². The third-order valence-corrected chi connectivity index (χ3v) is 2.90. The molecule has 1 nitrogen and oxygen atoms in total. The molecule has 0 bridgehead atoms. The third kappa shape index (κ3) is 2.22. The van der Waals surface area contributed by atoms with Crippen LogP contribution in [0.25, 0.3) is 6.08 Å². The standard InChI is InChI=1S/C11H11BrFN/c12-10-6-8(1-2-11(10)13)5-9-3-4-14-7-9/h1-2,5-6,14H,3-4,7H2. The Kier molecular flexibility index (Phi) is 2.99. The topological polar surface area (TPSA) is 12.0 Å². The monoisotopic (exact) mass is 255 g/mol. The fourth-order valence-corrected chi connectivity index (χ4v) is 1.94. The molecule has 1 heterocycles. The molecule has 0 amide bonds. The minimum absolute atomic E-state index is 0.211. The van der Waals surface area contributed by atoms with Crippen LogP contribution in [-0.4, -0.2) is 13.1 Å². The summed E-state index contributed by atoms with van der Waals surface area (Å²) in [6, 6.07) is 5.09. The SMILES string of the molecule is Fc1ccc(C=C2CCNC2)cc1Br. The lowest BCUT2D eigenvalue weighted by Crippen LogP contribution is -2.04. The Hall–Kier alpha value is -0.670. The summed E-state index contributed by atoms with van der Waals surface area (Å²) in [4.78, 5) is 0. The minimum atomic E-state index is -0.211. The van der Waals surface area contributed by atoms with Gasteiger partial charge in [0.2, 0.25) is 0 Å². The molecule has 1 aromatic carbocycles. The molecular formula is C11H11BrFN. The van der Waals surface area contributed by atoms with Crippen molar-refractivity contribution in [1.82, 2.24) is 5.32 Å². The summed E-state index contributed by atoms with van der Waals surface area (Å²) < 4.78 is 13.5. The van der Waals surface area contributed by atoms with Crippen LogP contribution in [-0.2, 0) is 0 Å². The third-order valence-electron chi connectivity index (χ3n) is 2.29. The summed E-state index contributed by atoms with van der Waals surface area (Å²) in [7, 11) is 0. The van der Waals surface area contributed by atoms with E-state index in [1.54, 1.807) is 12.1 Å². The summed E-state index contributed by atoms with van der Waals surface area (Å²) in [6.07, 6.45) is 3.21. The zero-order valence-electron chi connectivity index (χ0n) is 7.69. The lowest BCUT2D eigenvalue weighted by molar-refractivity contribution is 0.621. The van der Waals surface area contributed by atoms with Crippen molar-refractivity contribution in [3.05, 3.63) is 39.6 Å². The highest BCUT2D eigenvalue weighted by atomic mass is 79.9. The van der Waals surface area contributed by atoms with E-state index in [0.717, 1.165) is 25.1 Å². The van der Waals surface area contributed by atoms with Gasteiger partial charge in [0.15, 0.2) is 0 Å². The predicted molar refractivity (Wildman–Crippen MR) is 59.6 cm³/mol. The molecule has 0 atom stereocenters. The number of nitrogens with one attached hydrogen (secondary N) is 1. The second kappa shape index (κ2) is 4.24. The quantitative estimate of drug-likeness (QED) is 0.814. The van der Waals surface area contributed by atoms with Gasteiger partial charge < -0.3 is 5.32 Å². The maximum Gasteiger partial charge on any atom is 0.137 e. The van der Waals surface area contributed by atoms with Crippen LogP contribution in [0.4, 0.5) is 4.39 Å². The summed E-state index contributed by atoms with van der Waals surface area (Å²) in [5.41, 5.74) is 2.43. The van der Waals surface area contributed by atoms with Crippen LogP contribution in [0.1, 0.15) is 12.0 Å². The van der Waals surface area contributed by atoms with Crippen molar-refractivity contribution < 1.29 is 4.39 Å². The Morgan fingerprint density at radius 3 is 2.93 bits per heavy atom. The summed E-state index contributed by atoms with van der Waals surface area (Å²) in [5.74, 6) is -0.211. The van der Waals surface area contributed by atoms with E-state index in [-0.39, 0.29) is 5.82 Å². The molecule has 0 aromatic heterocycles. The first-order valence-corrected chi connectivity index (χ1v) is 5.40. The predicted octanol–water partition coefficient (Wildman–Crippen LogP) is 2.96. The highest BCUT2D eigenvalue weighted by Crippen LogP contribution is 2.19. The van der Waals surface area contributed by atoms with E-state index < -0.39 is 0 Å². The van der Waals surface area contributed by atoms with Crippen LogP contribution in [0, 0.1) is 5.82 Å². The van der Waals surface area contributed by atoms with E-state index in [4.69, 9.17) is 0 Å². The van der Waals surface area contributed by atoms with Gasteiger partial charge >= 0.3 is 0 Å². The molecule has 0 aliphatic carbocycles. The van der Waals surface area contributed by atoms with Crippen LogP contribution in [0.3, 0.4) is 0 Å². The number of hydrogen-bond donors (Lipinski definition) is 1. The Morgan fingerprint density at radius 1 is 1.43 bits per heavy atom. The van der Waals surface area contributed by atoms with Gasteiger partial charge in [-0.25, -0.2) is 4.39 Å². The van der Waals surface area contributed by atoms with E-state index in [9.17, 15) is 4.39 Å². The molecule has 14 heavy (non-hydrogen) atoms. The molecule has 0 unspecified atom stereocenters. The summed E-state index contributed by atoms with van der Waals surface area (Å²) >= 11 is 3.18. The fraction of sp³-hybridized carbons (Fsp3) is 0.273. The Labute approximate surface area is 91.1 Å². The van der Waals surface area contributed by atoms with Crippen molar-refractivity contribution in [3.8, 4) is 0 Å². The highest BCUT2D eigenvalue weighted by molar-refractivity contribution is 9.10. The highest BCUT2D eigenvalue weighted by Gasteiger charge is 2.05. The van der Waals surface area contributed by atoms with E-state index >= 15 is 0 Å². The average molecular weight is 256 g/mol. The minimum Gasteiger partial charge on any atom is -0.313 e. The van der Waals surface area contributed by atoms with Crippen LogP contribution in [0.15, 0.2) is 28.2 Å². The maximum atomic E-state index is 12.9. The number of benzene rings is 1. The van der Waals surface area contributed by atoms with Crippen LogP contribution >= 0.6 is 15.9 Å². The molecule has 3 heteroatoms. The van der Waals surface area contributed by atoms with Gasteiger partial charge in [0.25, 0.3) is 0 Å². The fourth-order valence-electron chi connectivity index (χ4n) is 1.55. The number of halogens is 2. The molecule has 0 radical (unpaired) electrons. The molecule has 1 aromatic rings. The molecule has 1 aliphatic heterocycles. The van der Waals surface area contributed by atoms with Gasteiger partial charge in [-0.3, -0.25) is 0 Å². The zero-order valence-corrected chi connectivity index (χ0v) is 9.27. The van der Waals surface area contributed by atoms with Crippen molar-refractivity contribution in [2.24, 2.45) is 0 Å². The second-order valence-corrected chi connectivity index (χ2v) is 4.26. The average Bonchev–Trinajstić information content (AvgIpc) is 2.64. The van der Waals surface area contributed by atoms with E-state index in [2.05, 4.69) is 27.3 Å². The summed E-state index contributed by atoms with van der Waals surface area (Å²) in [5, 5.41) is 3.26. The largest absolute Gasteiger partial charge is 0.313 e. The lowest BCUT2D eigenvalue weighted by Gasteiger charge is -1.99. The van der Waals surface area contributed by atoms with E-state index in [1.165, 1.54) is 11.6 Å². The van der Waals surface area contributed by atoms with Gasteiger partial charge in [0.1, 0.15) is 5.82 Å². The van der Waals surface area contributed by atoms with Crippen molar-refractivity contribution in [1.29, 1.82) is 0 Å². The van der Waals surface area contributed by atoms with Crippen LogP contribution < -0.4 is 5.32 Å². The van der Waals surface area contributed by atoms with Crippen molar-refractivity contribution in [2.75, 3.05) is 13.1 Å². The van der Waals surface area contributed by atoms with Gasteiger partial charge in [-0.05, 0) is 46.6 Å². The smallest absolute Gasteiger partial charge is 0.137 e. The van der Waals surface area contributed by atoms with Gasteiger partial charge in [-0.2, -0.15) is 0 Å². The lowest BCUT2D eigenvalue weighted by atomic mass is 10.1. The maximum absolute atomic E-state index is 12.9. The Balaban J connectivity index is 2.24. The van der Waals surface area contributed by atoms with E-state index in [1.807, 2.05) is 0 Å².